The SMILES string of the molecule is Nc1ccc2nc(-c3ccccc3-c3nc4ccc(N)cc4s3)sc2c1. The molecule has 0 atom stereocenters. The fraction of sp³-hybridized carbons (Fsp3) is 0. The minimum Gasteiger partial charge on any atom is -0.399 e. The number of nitrogens with two attached hydrogens (primary N) is 2. The molecule has 0 saturated heterocycles. The zero-order valence-electron chi connectivity index (χ0n) is 13.6. The summed E-state index contributed by atoms with van der Waals surface area (Å²) in [5.41, 5.74) is 17.4. The van der Waals surface area contributed by atoms with Crippen LogP contribution in [0.2, 0.25) is 0 Å². The third-order valence-electron chi connectivity index (χ3n) is 4.21. The molecule has 5 aromatic rings. The molecule has 0 fully saturated rings. The van der Waals surface area contributed by atoms with Crippen LogP contribution in [0, 0.1) is 0 Å². The van der Waals surface area contributed by atoms with Crippen LogP contribution in [-0.4, -0.2) is 9.97 Å². The number of nitrogen functional groups attached to an aromatic ring is 2. The van der Waals surface area contributed by atoms with E-state index in [0.29, 0.717) is 0 Å². The fourth-order valence-corrected chi connectivity index (χ4v) is 5.08. The molecule has 26 heavy (non-hydrogen) atoms. The molecule has 0 amide bonds. The monoisotopic (exact) mass is 374 g/mol. The van der Waals surface area contributed by atoms with Crippen LogP contribution in [0.25, 0.3) is 41.6 Å². The molecule has 2 aromatic heterocycles. The minimum absolute atomic E-state index is 0.754. The number of rotatable bonds is 2. The van der Waals surface area contributed by atoms with Gasteiger partial charge >= 0.3 is 0 Å². The molecule has 3 aromatic carbocycles. The van der Waals surface area contributed by atoms with Gasteiger partial charge in [-0.25, -0.2) is 9.97 Å². The predicted molar refractivity (Wildman–Crippen MR) is 112 cm³/mol. The largest absolute Gasteiger partial charge is 0.399 e. The van der Waals surface area contributed by atoms with Gasteiger partial charge in [0.05, 0.1) is 20.4 Å². The highest BCUT2D eigenvalue weighted by Crippen LogP contribution is 2.39. The summed E-state index contributed by atoms with van der Waals surface area (Å²) in [5.74, 6) is 0. The fourth-order valence-electron chi connectivity index (χ4n) is 2.97. The van der Waals surface area contributed by atoms with E-state index in [1.165, 1.54) is 0 Å². The van der Waals surface area contributed by atoms with E-state index in [-0.39, 0.29) is 0 Å². The molecule has 0 aliphatic rings. The topological polar surface area (TPSA) is 77.8 Å². The Bertz CT molecular complexity index is 1170. The molecule has 0 saturated carbocycles. The Morgan fingerprint density at radius 2 is 1.08 bits per heavy atom. The number of aromatic nitrogens is 2. The first-order valence-electron chi connectivity index (χ1n) is 8.09. The lowest BCUT2D eigenvalue weighted by molar-refractivity contribution is 1.44. The molecule has 4 N–H and O–H groups in total. The summed E-state index contributed by atoms with van der Waals surface area (Å²) in [7, 11) is 0. The van der Waals surface area contributed by atoms with Crippen LogP contribution in [0.5, 0.6) is 0 Å². The maximum Gasteiger partial charge on any atom is 0.125 e. The van der Waals surface area contributed by atoms with Crippen molar-refractivity contribution in [2.24, 2.45) is 0 Å². The summed E-state index contributed by atoms with van der Waals surface area (Å²) in [4.78, 5) is 9.60. The number of anilines is 2. The van der Waals surface area contributed by atoms with E-state index >= 15 is 0 Å². The molecular formula is C20H14N4S2. The van der Waals surface area contributed by atoms with Crippen LogP contribution in [0.3, 0.4) is 0 Å². The lowest BCUT2D eigenvalue weighted by Crippen LogP contribution is -1.83. The molecule has 0 bridgehead atoms. The maximum absolute atomic E-state index is 5.91. The first-order valence-corrected chi connectivity index (χ1v) is 9.72. The highest BCUT2D eigenvalue weighted by atomic mass is 32.1. The molecular weight excluding hydrogens is 360 g/mol. The average molecular weight is 374 g/mol. The van der Waals surface area contributed by atoms with E-state index < -0.39 is 0 Å². The smallest absolute Gasteiger partial charge is 0.125 e. The van der Waals surface area contributed by atoms with Gasteiger partial charge in [0.1, 0.15) is 10.0 Å². The summed E-state index contributed by atoms with van der Waals surface area (Å²) in [6.07, 6.45) is 0. The summed E-state index contributed by atoms with van der Waals surface area (Å²) in [6.45, 7) is 0. The number of hydrogen-bond acceptors (Lipinski definition) is 6. The quantitative estimate of drug-likeness (QED) is 0.405. The van der Waals surface area contributed by atoms with E-state index in [1.807, 2.05) is 48.5 Å². The lowest BCUT2D eigenvalue weighted by atomic mass is 10.1. The van der Waals surface area contributed by atoms with Gasteiger partial charge in [0.15, 0.2) is 0 Å². The van der Waals surface area contributed by atoms with Crippen molar-refractivity contribution >= 4 is 54.5 Å². The maximum atomic E-state index is 5.91. The summed E-state index contributed by atoms with van der Waals surface area (Å²) >= 11 is 3.30. The normalized spacial score (nSPS) is 11.4. The van der Waals surface area contributed by atoms with Gasteiger partial charge in [-0.1, -0.05) is 24.3 Å². The van der Waals surface area contributed by atoms with Crippen LogP contribution >= 0.6 is 22.7 Å². The van der Waals surface area contributed by atoms with Crippen molar-refractivity contribution in [3.63, 3.8) is 0 Å². The van der Waals surface area contributed by atoms with E-state index in [2.05, 4.69) is 12.1 Å². The van der Waals surface area contributed by atoms with E-state index in [0.717, 1.165) is 53.0 Å². The van der Waals surface area contributed by atoms with Crippen molar-refractivity contribution in [2.75, 3.05) is 11.5 Å². The van der Waals surface area contributed by atoms with Crippen molar-refractivity contribution in [1.82, 2.24) is 9.97 Å². The highest BCUT2D eigenvalue weighted by Gasteiger charge is 2.15. The second kappa shape index (κ2) is 5.79. The van der Waals surface area contributed by atoms with Gasteiger partial charge in [-0.2, -0.15) is 0 Å². The second-order valence-corrected chi connectivity index (χ2v) is 8.10. The number of nitrogens with zero attached hydrogens (tertiary/aromatic N) is 2. The number of thiazole rings is 2. The Morgan fingerprint density at radius 1 is 0.615 bits per heavy atom. The van der Waals surface area contributed by atoms with Gasteiger partial charge in [0.25, 0.3) is 0 Å². The first kappa shape index (κ1) is 15.3. The molecule has 6 heteroatoms. The molecule has 0 radical (unpaired) electrons. The van der Waals surface area contributed by atoms with Gasteiger partial charge in [0.2, 0.25) is 0 Å². The molecule has 4 nitrogen and oxygen atoms in total. The van der Waals surface area contributed by atoms with Gasteiger partial charge in [-0.05, 0) is 36.4 Å². The van der Waals surface area contributed by atoms with Crippen molar-refractivity contribution in [1.29, 1.82) is 0 Å². The van der Waals surface area contributed by atoms with E-state index in [9.17, 15) is 0 Å². The van der Waals surface area contributed by atoms with Crippen molar-refractivity contribution in [3.8, 4) is 21.1 Å². The van der Waals surface area contributed by atoms with Crippen LogP contribution in [-0.2, 0) is 0 Å². The van der Waals surface area contributed by atoms with Crippen molar-refractivity contribution in [2.45, 2.75) is 0 Å². The van der Waals surface area contributed by atoms with Crippen LogP contribution in [0.4, 0.5) is 11.4 Å². The highest BCUT2D eigenvalue weighted by molar-refractivity contribution is 7.22. The zero-order chi connectivity index (χ0) is 17.7. The molecule has 0 spiro atoms. The van der Waals surface area contributed by atoms with Gasteiger partial charge < -0.3 is 11.5 Å². The van der Waals surface area contributed by atoms with Gasteiger partial charge in [0, 0.05) is 22.5 Å². The first-order chi connectivity index (χ1) is 12.7. The average Bonchev–Trinajstić information content (AvgIpc) is 3.24. The summed E-state index contributed by atoms with van der Waals surface area (Å²) in [5, 5.41) is 1.94. The number of benzene rings is 3. The lowest BCUT2D eigenvalue weighted by Gasteiger charge is -2.03. The Kier molecular flexibility index (Phi) is 3.41. The standard InChI is InChI=1S/C20H14N4S2/c21-11-5-7-15-17(9-11)25-19(23-15)13-3-1-2-4-14(13)20-24-16-8-6-12(22)10-18(16)26-20/h1-10H,21-22H2. The Morgan fingerprint density at radius 3 is 1.54 bits per heavy atom. The van der Waals surface area contributed by atoms with Gasteiger partial charge in [-0.3, -0.25) is 0 Å². The minimum atomic E-state index is 0.754. The van der Waals surface area contributed by atoms with Crippen molar-refractivity contribution < 1.29 is 0 Å². The molecule has 0 aliphatic heterocycles. The second-order valence-electron chi connectivity index (χ2n) is 6.04. The third-order valence-corrected chi connectivity index (χ3v) is 6.32. The number of fused-ring (bicyclic) bond motifs is 2. The van der Waals surface area contributed by atoms with E-state index in [4.69, 9.17) is 21.4 Å². The molecule has 0 aliphatic carbocycles. The molecule has 2 heterocycles. The predicted octanol–water partition coefficient (Wildman–Crippen LogP) is 5.40. The summed E-state index contributed by atoms with van der Waals surface area (Å²) in [6, 6.07) is 19.9. The molecule has 0 unspecified atom stereocenters. The third kappa shape index (κ3) is 2.51. The number of hydrogen-bond donors (Lipinski definition) is 2. The Labute approximate surface area is 157 Å². The van der Waals surface area contributed by atoms with Crippen LogP contribution < -0.4 is 11.5 Å². The van der Waals surface area contributed by atoms with Gasteiger partial charge in [-0.15, -0.1) is 22.7 Å². The van der Waals surface area contributed by atoms with Crippen LogP contribution in [0.15, 0.2) is 60.7 Å². The van der Waals surface area contributed by atoms with Crippen LogP contribution in [0.1, 0.15) is 0 Å². The Balaban J connectivity index is 1.70. The van der Waals surface area contributed by atoms with Crippen molar-refractivity contribution in [3.05, 3.63) is 60.7 Å². The molecule has 126 valence electrons. The summed E-state index contributed by atoms with van der Waals surface area (Å²) < 4.78 is 2.18. The van der Waals surface area contributed by atoms with E-state index in [1.54, 1.807) is 22.7 Å². The Hall–Kier alpha value is -2.96. The molecule has 5 rings (SSSR count). The zero-order valence-corrected chi connectivity index (χ0v) is 15.3.